The van der Waals surface area contributed by atoms with Gasteiger partial charge in [-0.3, -0.25) is 13.9 Å². The number of hydrogen-bond acceptors (Lipinski definition) is 4. The summed E-state index contributed by atoms with van der Waals surface area (Å²) >= 11 is 6.48. The number of halogens is 1. The fourth-order valence-electron chi connectivity index (χ4n) is 4.66. The Morgan fingerprint density at radius 3 is 2.32 bits per heavy atom. The molecule has 0 heterocycles. The largest absolute Gasteiger partial charge is 0.354 e. The third-order valence-corrected chi connectivity index (χ3v) is 8.40. The number of aryl methyl sites for hydroxylation is 1. The molecule has 9 heteroatoms. The maximum absolute atomic E-state index is 13.9. The molecule has 3 rings (SSSR count). The second-order valence-corrected chi connectivity index (χ2v) is 12.6. The van der Waals surface area contributed by atoms with Crippen molar-refractivity contribution in [3.8, 4) is 0 Å². The summed E-state index contributed by atoms with van der Waals surface area (Å²) in [5.74, 6) is -0.464. The third-order valence-electron chi connectivity index (χ3n) is 6.84. The van der Waals surface area contributed by atoms with Crippen LogP contribution in [0.25, 0.3) is 0 Å². The molecule has 3 aromatic carbocycles. The normalized spacial score (nSPS) is 12.0. The second kappa shape index (κ2) is 15.6. The molecule has 0 radical (unpaired) electrons. The van der Waals surface area contributed by atoms with E-state index in [1.165, 1.54) is 4.31 Å². The summed E-state index contributed by atoms with van der Waals surface area (Å²) in [6.45, 7) is 4.77. The van der Waals surface area contributed by atoms with Crippen LogP contribution >= 0.6 is 11.6 Å². The van der Waals surface area contributed by atoms with Gasteiger partial charge in [-0.2, -0.15) is 0 Å². The van der Waals surface area contributed by atoms with Gasteiger partial charge >= 0.3 is 0 Å². The lowest BCUT2D eigenvalue weighted by Crippen LogP contribution is -2.50. The molecule has 0 saturated carbocycles. The summed E-state index contributed by atoms with van der Waals surface area (Å²) in [6, 6.07) is 23.4. The van der Waals surface area contributed by atoms with E-state index in [1.807, 2.05) is 73.7 Å². The maximum atomic E-state index is 13.9. The van der Waals surface area contributed by atoms with Crippen molar-refractivity contribution in [2.75, 3.05) is 23.7 Å². The first-order valence-electron chi connectivity index (χ1n) is 14.0. The lowest BCUT2D eigenvalue weighted by molar-refractivity contribution is -0.141. The summed E-state index contributed by atoms with van der Waals surface area (Å²) in [5, 5.41) is 3.52. The van der Waals surface area contributed by atoms with Crippen LogP contribution in [0.4, 0.5) is 5.69 Å². The van der Waals surface area contributed by atoms with Gasteiger partial charge in [0.2, 0.25) is 21.8 Å². The maximum Gasteiger partial charge on any atom is 0.243 e. The van der Waals surface area contributed by atoms with Gasteiger partial charge in [-0.05, 0) is 54.7 Å². The Kier molecular flexibility index (Phi) is 12.2. The van der Waals surface area contributed by atoms with E-state index in [2.05, 4.69) is 12.2 Å². The Morgan fingerprint density at radius 1 is 0.951 bits per heavy atom. The molecule has 0 aromatic heterocycles. The zero-order chi connectivity index (χ0) is 29.8. The van der Waals surface area contributed by atoms with Crippen LogP contribution < -0.4 is 9.62 Å². The molecule has 41 heavy (non-hydrogen) atoms. The first-order chi connectivity index (χ1) is 19.6. The molecule has 0 bridgehead atoms. The van der Waals surface area contributed by atoms with E-state index in [1.54, 1.807) is 17.0 Å². The van der Waals surface area contributed by atoms with Crippen molar-refractivity contribution in [3.05, 3.63) is 101 Å². The zero-order valence-corrected chi connectivity index (χ0v) is 25.6. The number of benzene rings is 3. The van der Waals surface area contributed by atoms with Gasteiger partial charge in [-0.15, -0.1) is 0 Å². The molecule has 0 aliphatic heterocycles. The van der Waals surface area contributed by atoms with Gasteiger partial charge < -0.3 is 10.2 Å². The van der Waals surface area contributed by atoms with Crippen LogP contribution in [0.2, 0.25) is 5.02 Å². The number of amides is 2. The molecule has 0 fully saturated rings. The highest BCUT2D eigenvalue weighted by Crippen LogP contribution is 2.23. The van der Waals surface area contributed by atoms with Crippen molar-refractivity contribution in [1.82, 2.24) is 10.2 Å². The Morgan fingerprint density at radius 2 is 1.66 bits per heavy atom. The minimum atomic E-state index is -3.56. The number of nitrogens with zero attached hydrogens (tertiary/aromatic N) is 2. The molecule has 7 nitrogen and oxygen atoms in total. The molecule has 1 N–H and O–H groups in total. The molecule has 0 spiro atoms. The molecule has 1 unspecified atom stereocenters. The van der Waals surface area contributed by atoms with Gasteiger partial charge in [-0.1, -0.05) is 85.6 Å². The highest BCUT2D eigenvalue weighted by molar-refractivity contribution is 7.92. The van der Waals surface area contributed by atoms with Crippen molar-refractivity contribution < 1.29 is 18.0 Å². The molecule has 0 saturated heterocycles. The first-order valence-corrected chi connectivity index (χ1v) is 16.2. The highest BCUT2D eigenvalue weighted by Gasteiger charge is 2.31. The molecular weight excluding hydrogens is 558 g/mol. The van der Waals surface area contributed by atoms with E-state index in [4.69, 9.17) is 11.6 Å². The predicted octanol–water partition coefficient (Wildman–Crippen LogP) is 5.75. The summed E-state index contributed by atoms with van der Waals surface area (Å²) in [7, 11) is -3.56. The second-order valence-electron chi connectivity index (χ2n) is 10.2. The number of anilines is 1. The molecule has 220 valence electrons. The quantitative estimate of drug-likeness (QED) is 0.226. The molecule has 0 aliphatic rings. The number of rotatable bonds is 15. The third kappa shape index (κ3) is 9.90. The van der Waals surface area contributed by atoms with Gasteiger partial charge in [0.25, 0.3) is 0 Å². The monoisotopic (exact) mass is 597 g/mol. The van der Waals surface area contributed by atoms with E-state index >= 15 is 0 Å². The fourth-order valence-corrected chi connectivity index (χ4v) is 5.81. The van der Waals surface area contributed by atoms with Crippen LogP contribution in [-0.2, 0) is 32.6 Å². The number of carbonyl (C=O) groups is 2. The minimum Gasteiger partial charge on any atom is -0.354 e. The molecule has 1 atom stereocenters. The van der Waals surface area contributed by atoms with E-state index in [0.29, 0.717) is 23.7 Å². The molecule has 2 amide bonds. The molecule has 0 aliphatic carbocycles. The van der Waals surface area contributed by atoms with E-state index in [9.17, 15) is 18.0 Å². The van der Waals surface area contributed by atoms with Crippen molar-refractivity contribution in [1.29, 1.82) is 0 Å². The smallest absolute Gasteiger partial charge is 0.243 e. The van der Waals surface area contributed by atoms with Crippen molar-refractivity contribution >= 4 is 39.1 Å². The van der Waals surface area contributed by atoms with Gasteiger partial charge in [0, 0.05) is 37.5 Å². The van der Waals surface area contributed by atoms with Crippen molar-refractivity contribution in [2.24, 2.45) is 0 Å². The van der Waals surface area contributed by atoms with Gasteiger partial charge in [0.05, 0.1) is 11.9 Å². The first kappa shape index (κ1) is 32.2. The van der Waals surface area contributed by atoms with E-state index in [0.717, 1.165) is 35.8 Å². The van der Waals surface area contributed by atoms with Gasteiger partial charge in [0.15, 0.2) is 0 Å². The summed E-state index contributed by atoms with van der Waals surface area (Å²) in [5.41, 5.74) is 3.17. The van der Waals surface area contributed by atoms with E-state index < -0.39 is 16.1 Å². The van der Waals surface area contributed by atoms with Crippen molar-refractivity contribution in [3.63, 3.8) is 0 Å². The van der Waals surface area contributed by atoms with E-state index in [-0.39, 0.29) is 37.7 Å². The SMILES string of the molecule is CCCCNC(=O)C(Cc1ccccc1)N(Cc1ccccc1Cl)C(=O)CCCN(c1cccc(C)c1)S(C)(=O)=O. The van der Waals surface area contributed by atoms with Gasteiger partial charge in [0.1, 0.15) is 6.04 Å². The highest BCUT2D eigenvalue weighted by atomic mass is 35.5. The van der Waals surface area contributed by atoms with Crippen molar-refractivity contribution in [2.45, 2.75) is 58.5 Å². The van der Waals surface area contributed by atoms with Crippen LogP contribution in [0.5, 0.6) is 0 Å². The average Bonchev–Trinajstić information content (AvgIpc) is 2.93. The summed E-state index contributed by atoms with van der Waals surface area (Å²) in [4.78, 5) is 29.0. The molecule has 3 aromatic rings. The fraction of sp³-hybridized carbons (Fsp3) is 0.375. The molecular formula is C32H40ClN3O4S. The topological polar surface area (TPSA) is 86.8 Å². The number of carbonyl (C=O) groups excluding carboxylic acids is 2. The standard InChI is InChI=1S/C32H40ClN3O4S/c1-4-5-20-34-32(38)30(23-26-14-7-6-8-15-26)35(24-27-16-9-10-18-29(27)33)31(37)19-12-21-36(41(3,39)40)28-17-11-13-25(2)22-28/h6-11,13-18,22,30H,4-5,12,19-21,23-24H2,1-3H3,(H,34,38). The Hall–Kier alpha value is -3.36. The van der Waals surface area contributed by atoms with Crippen LogP contribution in [0.3, 0.4) is 0 Å². The number of sulfonamides is 1. The van der Waals surface area contributed by atoms with Crippen LogP contribution in [0.15, 0.2) is 78.9 Å². The number of hydrogen-bond donors (Lipinski definition) is 1. The lowest BCUT2D eigenvalue weighted by Gasteiger charge is -2.32. The summed E-state index contributed by atoms with van der Waals surface area (Å²) in [6.07, 6.45) is 3.63. The lowest BCUT2D eigenvalue weighted by atomic mass is 10.0. The minimum absolute atomic E-state index is 0.0653. The Labute approximate surface area is 249 Å². The number of nitrogens with one attached hydrogen (secondary N) is 1. The van der Waals surface area contributed by atoms with Crippen LogP contribution in [-0.4, -0.2) is 50.5 Å². The Bertz CT molecular complexity index is 1400. The zero-order valence-electron chi connectivity index (χ0n) is 24.1. The number of unbranched alkanes of at least 4 members (excludes halogenated alkanes) is 1. The Balaban J connectivity index is 1.88. The average molecular weight is 598 g/mol. The van der Waals surface area contributed by atoms with Gasteiger partial charge in [-0.25, -0.2) is 8.42 Å². The van der Waals surface area contributed by atoms with Crippen LogP contribution in [0.1, 0.15) is 49.3 Å². The predicted molar refractivity (Wildman–Crippen MR) is 166 cm³/mol. The van der Waals surface area contributed by atoms with Crippen LogP contribution in [0, 0.1) is 6.92 Å². The summed E-state index contributed by atoms with van der Waals surface area (Å²) < 4.78 is 26.6.